The first kappa shape index (κ1) is 13.7. The molecule has 0 aliphatic carbocycles. The highest BCUT2D eigenvalue weighted by Crippen LogP contribution is 2.14. The average Bonchev–Trinajstić information content (AvgIpc) is 2.30. The Morgan fingerprint density at radius 1 is 1.35 bits per heavy atom. The van der Waals surface area contributed by atoms with Crippen LogP contribution in [0.3, 0.4) is 0 Å². The highest BCUT2D eigenvalue weighted by molar-refractivity contribution is 5.31. The molecule has 1 aromatic heterocycles. The van der Waals surface area contributed by atoms with Crippen molar-refractivity contribution in [2.75, 3.05) is 32.2 Å². The van der Waals surface area contributed by atoms with Crippen LogP contribution >= 0.6 is 0 Å². The van der Waals surface area contributed by atoms with Gasteiger partial charge in [-0.05, 0) is 12.8 Å². The lowest BCUT2D eigenvalue weighted by atomic mass is 10.2. The van der Waals surface area contributed by atoms with Gasteiger partial charge in [0.1, 0.15) is 6.61 Å². The second kappa shape index (κ2) is 7.06. The molecule has 0 fully saturated rings. The molecule has 0 aliphatic rings. The molecule has 0 saturated heterocycles. The molecule has 0 atom stereocenters. The van der Waals surface area contributed by atoms with Crippen molar-refractivity contribution in [3.8, 4) is 5.88 Å². The minimum Gasteiger partial charge on any atom is -0.475 e. The Morgan fingerprint density at radius 3 is 2.76 bits per heavy atom. The van der Waals surface area contributed by atoms with E-state index in [4.69, 9.17) is 9.47 Å². The summed E-state index contributed by atoms with van der Waals surface area (Å²) in [5.41, 5.74) is 0.924. The molecule has 1 N–H and O–H groups in total. The van der Waals surface area contributed by atoms with Crippen LogP contribution in [0.2, 0.25) is 0 Å². The van der Waals surface area contributed by atoms with Gasteiger partial charge in [-0.15, -0.1) is 0 Å². The second-order valence-corrected chi connectivity index (χ2v) is 4.25. The van der Waals surface area contributed by atoms with E-state index in [0.717, 1.165) is 12.2 Å². The number of ether oxygens (including phenoxy) is 2. The smallest absolute Gasteiger partial charge is 0.225 e. The predicted molar refractivity (Wildman–Crippen MR) is 67.5 cm³/mol. The molecule has 1 aromatic rings. The molecule has 5 heteroatoms. The van der Waals surface area contributed by atoms with Crippen LogP contribution in [0, 0.1) is 12.8 Å². The minimum atomic E-state index is 0.508. The number of rotatable bonds is 7. The zero-order valence-corrected chi connectivity index (χ0v) is 11.0. The maximum atomic E-state index is 5.54. The summed E-state index contributed by atoms with van der Waals surface area (Å²) >= 11 is 0. The van der Waals surface area contributed by atoms with Crippen LogP contribution in [-0.4, -0.2) is 36.8 Å². The van der Waals surface area contributed by atoms with Gasteiger partial charge in [0.25, 0.3) is 0 Å². The first-order valence-corrected chi connectivity index (χ1v) is 5.85. The fraction of sp³-hybridized carbons (Fsp3) is 0.667. The Bertz CT molecular complexity index is 343. The van der Waals surface area contributed by atoms with Gasteiger partial charge in [0.05, 0.1) is 6.61 Å². The molecule has 17 heavy (non-hydrogen) atoms. The van der Waals surface area contributed by atoms with Gasteiger partial charge in [0, 0.05) is 25.4 Å². The number of hydrogen-bond acceptors (Lipinski definition) is 5. The number of nitrogens with zero attached hydrogens (tertiary/aromatic N) is 2. The van der Waals surface area contributed by atoms with Gasteiger partial charge in [0.2, 0.25) is 11.8 Å². The van der Waals surface area contributed by atoms with Gasteiger partial charge >= 0.3 is 0 Å². The maximum absolute atomic E-state index is 5.54. The number of anilines is 1. The third-order valence-electron chi connectivity index (χ3n) is 2.07. The van der Waals surface area contributed by atoms with Crippen molar-refractivity contribution in [1.29, 1.82) is 0 Å². The maximum Gasteiger partial charge on any atom is 0.225 e. The lowest BCUT2D eigenvalue weighted by molar-refractivity contribution is 0.0804. The molecule has 0 aliphatic heterocycles. The van der Waals surface area contributed by atoms with E-state index in [1.165, 1.54) is 0 Å². The first-order valence-electron chi connectivity index (χ1n) is 5.85. The summed E-state index contributed by atoms with van der Waals surface area (Å²) in [7, 11) is 1.78. The monoisotopic (exact) mass is 239 g/mol. The van der Waals surface area contributed by atoms with E-state index in [0.29, 0.717) is 31.0 Å². The lowest BCUT2D eigenvalue weighted by Gasteiger charge is -2.10. The van der Waals surface area contributed by atoms with Gasteiger partial charge in [0.15, 0.2) is 0 Å². The highest BCUT2D eigenvalue weighted by atomic mass is 16.5. The van der Waals surface area contributed by atoms with E-state index in [-0.39, 0.29) is 0 Å². The molecule has 0 unspecified atom stereocenters. The average molecular weight is 239 g/mol. The quantitative estimate of drug-likeness (QED) is 0.736. The van der Waals surface area contributed by atoms with Crippen LogP contribution in [0.25, 0.3) is 0 Å². The van der Waals surface area contributed by atoms with Gasteiger partial charge < -0.3 is 14.8 Å². The van der Waals surface area contributed by atoms with Gasteiger partial charge in [-0.25, -0.2) is 4.98 Å². The molecule has 0 saturated carbocycles. The Balaban J connectivity index is 2.35. The van der Waals surface area contributed by atoms with Crippen molar-refractivity contribution >= 4 is 5.95 Å². The molecule has 96 valence electrons. The SMILES string of the molecule is CNc1ncc(C)c(OCCOCC(C)C)n1. The summed E-state index contributed by atoms with van der Waals surface area (Å²) in [6.45, 7) is 8.01. The Kier molecular flexibility index (Phi) is 5.69. The standard InChI is InChI=1S/C12H21N3O2/c1-9(2)8-16-5-6-17-11-10(3)7-14-12(13-4)15-11/h7,9H,5-6,8H2,1-4H3,(H,13,14,15). The van der Waals surface area contributed by atoms with Gasteiger partial charge in [-0.2, -0.15) is 4.98 Å². The molecule has 1 heterocycles. The second-order valence-electron chi connectivity index (χ2n) is 4.25. The lowest BCUT2D eigenvalue weighted by Crippen LogP contribution is -2.11. The zero-order chi connectivity index (χ0) is 12.7. The van der Waals surface area contributed by atoms with Gasteiger partial charge in [-0.3, -0.25) is 0 Å². The van der Waals surface area contributed by atoms with Crippen LogP contribution in [0.4, 0.5) is 5.95 Å². The molecular weight excluding hydrogens is 218 g/mol. The number of hydrogen-bond donors (Lipinski definition) is 1. The topological polar surface area (TPSA) is 56.3 Å². The van der Waals surface area contributed by atoms with Crippen LogP contribution in [0.15, 0.2) is 6.20 Å². The van der Waals surface area contributed by atoms with Crippen molar-refractivity contribution in [2.24, 2.45) is 5.92 Å². The minimum absolute atomic E-state index is 0.508. The van der Waals surface area contributed by atoms with Crippen LogP contribution in [0.5, 0.6) is 5.88 Å². The molecule has 0 radical (unpaired) electrons. The first-order chi connectivity index (χ1) is 8.13. The van der Waals surface area contributed by atoms with E-state index in [9.17, 15) is 0 Å². The van der Waals surface area contributed by atoms with Crippen molar-refractivity contribution < 1.29 is 9.47 Å². The van der Waals surface area contributed by atoms with E-state index in [1.807, 2.05) is 6.92 Å². The molecule has 5 nitrogen and oxygen atoms in total. The fourth-order valence-electron chi connectivity index (χ4n) is 1.21. The number of aromatic nitrogens is 2. The normalized spacial score (nSPS) is 10.6. The summed E-state index contributed by atoms with van der Waals surface area (Å²) in [5.74, 6) is 1.72. The molecule has 0 spiro atoms. The third kappa shape index (κ3) is 4.99. The zero-order valence-electron chi connectivity index (χ0n) is 11.0. The summed E-state index contributed by atoms with van der Waals surface area (Å²) in [5, 5.41) is 2.88. The van der Waals surface area contributed by atoms with E-state index < -0.39 is 0 Å². The fourth-order valence-corrected chi connectivity index (χ4v) is 1.21. The van der Waals surface area contributed by atoms with Crippen LogP contribution in [-0.2, 0) is 4.74 Å². The Hall–Kier alpha value is -1.36. The Morgan fingerprint density at radius 2 is 2.12 bits per heavy atom. The summed E-state index contributed by atoms with van der Waals surface area (Å²) in [6.07, 6.45) is 1.74. The molecular formula is C12H21N3O2. The van der Waals surface area contributed by atoms with Gasteiger partial charge in [-0.1, -0.05) is 13.8 Å². The highest BCUT2D eigenvalue weighted by Gasteiger charge is 2.03. The Labute approximate surface area is 103 Å². The summed E-state index contributed by atoms with van der Waals surface area (Å²) < 4.78 is 11.0. The largest absolute Gasteiger partial charge is 0.475 e. The van der Waals surface area contributed by atoms with E-state index in [1.54, 1.807) is 13.2 Å². The molecule has 0 amide bonds. The summed E-state index contributed by atoms with van der Waals surface area (Å²) in [6, 6.07) is 0. The third-order valence-corrected chi connectivity index (χ3v) is 2.07. The van der Waals surface area contributed by atoms with E-state index in [2.05, 4.69) is 29.1 Å². The predicted octanol–water partition coefficient (Wildman–Crippen LogP) is 1.88. The van der Waals surface area contributed by atoms with Crippen LogP contribution in [0.1, 0.15) is 19.4 Å². The van der Waals surface area contributed by atoms with Crippen LogP contribution < -0.4 is 10.1 Å². The molecule has 0 bridgehead atoms. The summed E-state index contributed by atoms with van der Waals surface area (Å²) in [4.78, 5) is 8.32. The van der Waals surface area contributed by atoms with E-state index >= 15 is 0 Å². The van der Waals surface area contributed by atoms with Crippen molar-refractivity contribution in [2.45, 2.75) is 20.8 Å². The molecule has 0 aromatic carbocycles. The van der Waals surface area contributed by atoms with Crippen molar-refractivity contribution in [3.05, 3.63) is 11.8 Å². The number of nitrogens with one attached hydrogen (secondary N) is 1. The van der Waals surface area contributed by atoms with Crippen molar-refractivity contribution in [3.63, 3.8) is 0 Å². The number of aryl methyl sites for hydroxylation is 1. The molecule has 1 rings (SSSR count). The van der Waals surface area contributed by atoms with Crippen molar-refractivity contribution in [1.82, 2.24) is 9.97 Å².